The maximum atomic E-state index is 10.2. The molecule has 2 N–H and O–H groups in total. The quantitative estimate of drug-likeness (QED) is 0.260. The molecule has 0 atom stereocenters. The molecule has 0 saturated carbocycles. The molecule has 5 nitrogen and oxygen atoms in total. The van der Waals surface area contributed by atoms with Gasteiger partial charge in [-0.3, -0.25) is 0 Å². The molecule has 0 radical (unpaired) electrons. The number of halogens is 1. The van der Waals surface area contributed by atoms with E-state index in [4.69, 9.17) is 0 Å². The number of nitrogens with one attached hydrogen (secondary N) is 1. The van der Waals surface area contributed by atoms with Crippen molar-refractivity contribution >= 4 is 49.0 Å². The third kappa shape index (κ3) is 3.65. The lowest BCUT2D eigenvalue weighted by Gasteiger charge is -2.02. The van der Waals surface area contributed by atoms with Crippen molar-refractivity contribution in [3.05, 3.63) is 82.6 Å². The fraction of sp³-hybridized carbons (Fsp3) is 0. The Morgan fingerprint density at radius 2 is 1.60 bits per heavy atom. The molecule has 5 rings (SSSR count). The molecule has 0 aliphatic heterocycles. The van der Waals surface area contributed by atoms with E-state index >= 15 is 0 Å². The van der Waals surface area contributed by atoms with Gasteiger partial charge < -0.3 is 10.1 Å². The maximum Gasteiger partial charge on any atom is 0.230 e. The van der Waals surface area contributed by atoms with Crippen LogP contribution in [-0.4, -0.2) is 15.1 Å². The smallest absolute Gasteiger partial charge is 0.230 e. The predicted molar refractivity (Wildman–Crippen MR) is 125 cm³/mol. The highest BCUT2D eigenvalue weighted by Crippen LogP contribution is 2.38. The number of nitrogens with zero attached hydrogens (tertiary/aromatic N) is 3. The molecule has 0 amide bonds. The summed E-state index contributed by atoms with van der Waals surface area (Å²) in [4.78, 5) is 7.47. The Kier molecular flexibility index (Phi) is 4.90. The van der Waals surface area contributed by atoms with Crippen LogP contribution >= 0.6 is 27.3 Å². The lowest BCUT2D eigenvalue weighted by atomic mass is 10.0. The Labute approximate surface area is 184 Å². The van der Waals surface area contributed by atoms with Gasteiger partial charge in [0.2, 0.25) is 11.0 Å². The van der Waals surface area contributed by atoms with Gasteiger partial charge in [-0.05, 0) is 29.3 Å². The van der Waals surface area contributed by atoms with E-state index in [9.17, 15) is 5.11 Å². The van der Waals surface area contributed by atoms with Crippen LogP contribution in [0, 0.1) is 0 Å². The summed E-state index contributed by atoms with van der Waals surface area (Å²) < 4.78 is 0.904. The van der Waals surface area contributed by atoms with Crippen LogP contribution in [0.5, 0.6) is 5.88 Å². The van der Waals surface area contributed by atoms with Gasteiger partial charge in [0.1, 0.15) is 0 Å². The van der Waals surface area contributed by atoms with Crippen molar-refractivity contribution in [2.75, 3.05) is 0 Å². The summed E-state index contributed by atoms with van der Waals surface area (Å²) >= 11 is 4.85. The monoisotopic (exact) mass is 474 g/mol. The van der Waals surface area contributed by atoms with Gasteiger partial charge in [-0.1, -0.05) is 70.5 Å². The second-order valence-corrected chi connectivity index (χ2v) is 8.42. The molecule has 0 aliphatic carbocycles. The Hall–Kier alpha value is -3.29. The average molecular weight is 475 g/mol. The predicted octanol–water partition coefficient (Wildman–Crippen LogP) is 7.84. The van der Waals surface area contributed by atoms with Crippen LogP contribution in [0.15, 0.2) is 92.9 Å². The van der Waals surface area contributed by atoms with E-state index in [1.807, 2.05) is 41.8 Å². The van der Waals surface area contributed by atoms with Crippen molar-refractivity contribution < 1.29 is 5.11 Å². The average Bonchev–Trinajstić information content (AvgIpc) is 3.37. The fourth-order valence-corrected chi connectivity index (χ4v) is 4.24. The van der Waals surface area contributed by atoms with E-state index in [1.165, 1.54) is 16.9 Å². The number of hydrogen-bond acceptors (Lipinski definition) is 5. The molecule has 0 unspecified atom stereocenters. The van der Waals surface area contributed by atoms with Gasteiger partial charge in [0.15, 0.2) is 5.69 Å². The van der Waals surface area contributed by atoms with Crippen LogP contribution in [0.1, 0.15) is 0 Å². The number of hydrogen-bond donors (Lipinski definition) is 2. The highest BCUT2D eigenvalue weighted by molar-refractivity contribution is 9.10. The number of thiazole rings is 1. The summed E-state index contributed by atoms with van der Waals surface area (Å²) in [5, 5.41) is 21.9. The zero-order valence-electron chi connectivity index (χ0n) is 15.6. The van der Waals surface area contributed by atoms with Crippen molar-refractivity contribution in [1.29, 1.82) is 0 Å². The van der Waals surface area contributed by atoms with Crippen molar-refractivity contribution in [2.45, 2.75) is 0 Å². The topological polar surface area (TPSA) is 73.6 Å². The number of fused-ring (bicyclic) bond motifs is 1. The number of aromatic amines is 1. The van der Waals surface area contributed by atoms with Gasteiger partial charge in [-0.25, -0.2) is 4.98 Å². The second-order valence-electron chi connectivity index (χ2n) is 6.67. The summed E-state index contributed by atoms with van der Waals surface area (Å²) in [6.07, 6.45) is 0. The van der Waals surface area contributed by atoms with Crippen LogP contribution < -0.4 is 0 Å². The number of H-pyrrole nitrogens is 1. The van der Waals surface area contributed by atoms with E-state index in [1.54, 1.807) is 0 Å². The first kappa shape index (κ1) is 18.7. The summed E-state index contributed by atoms with van der Waals surface area (Å²) in [7, 11) is 0. The molecular formula is C23H15BrN4OS. The van der Waals surface area contributed by atoms with Crippen LogP contribution in [0.2, 0.25) is 0 Å². The van der Waals surface area contributed by atoms with Crippen molar-refractivity contribution in [3.63, 3.8) is 0 Å². The molecule has 3 aromatic carbocycles. The molecule has 0 spiro atoms. The van der Waals surface area contributed by atoms with Crippen LogP contribution in [0.3, 0.4) is 0 Å². The number of benzene rings is 3. The summed E-state index contributed by atoms with van der Waals surface area (Å²) in [5.41, 5.74) is 5.40. The first-order chi connectivity index (χ1) is 14.7. The lowest BCUT2D eigenvalue weighted by molar-refractivity contribution is 0.459. The number of azo groups is 1. The molecule has 30 heavy (non-hydrogen) atoms. The summed E-state index contributed by atoms with van der Waals surface area (Å²) in [5.74, 6) is -0.0138. The SMILES string of the molecule is Oc1[nH]c2ccc(Br)cc2c1N=Nc1nc(-c2ccc(-c3ccccc3)cc2)cs1. The van der Waals surface area contributed by atoms with E-state index in [-0.39, 0.29) is 5.88 Å². The zero-order valence-corrected chi connectivity index (χ0v) is 18.0. The molecular weight excluding hydrogens is 460 g/mol. The Morgan fingerprint density at radius 1 is 0.867 bits per heavy atom. The number of aromatic nitrogens is 2. The minimum atomic E-state index is -0.0138. The fourth-order valence-electron chi connectivity index (χ4n) is 3.24. The molecule has 5 aromatic rings. The minimum absolute atomic E-state index is 0.0138. The molecule has 0 saturated heterocycles. The highest BCUT2D eigenvalue weighted by atomic mass is 79.9. The van der Waals surface area contributed by atoms with Crippen LogP contribution in [0.25, 0.3) is 33.3 Å². The molecule has 2 heterocycles. The zero-order chi connectivity index (χ0) is 20.5. The van der Waals surface area contributed by atoms with Gasteiger partial charge in [-0.2, -0.15) is 0 Å². The first-order valence-corrected chi connectivity index (χ1v) is 10.9. The van der Waals surface area contributed by atoms with E-state index in [0.29, 0.717) is 10.8 Å². The minimum Gasteiger partial charge on any atom is -0.493 e. The number of rotatable bonds is 4. The van der Waals surface area contributed by atoms with Crippen molar-refractivity contribution in [1.82, 2.24) is 9.97 Å². The Bertz CT molecular complexity index is 1360. The second kappa shape index (κ2) is 7.85. The largest absolute Gasteiger partial charge is 0.493 e. The highest BCUT2D eigenvalue weighted by Gasteiger charge is 2.11. The third-order valence-corrected chi connectivity index (χ3v) is 5.95. The van der Waals surface area contributed by atoms with Crippen molar-refractivity contribution in [2.24, 2.45) is 10.2 Å². The Balaban J connectivity index is 1.40. The molecule has 2 aromatic heterocycles. The summed E-state index contributed by atoms with van der Waals surface area (Å²) in [6.45, 7) is 0. The van der Waals surface area contributed by atoms with E-state index < -0.39 is 0 Å². The Morgan fingerprint density at radius 3 is 2.40 bits per heavy atom. The van der Waals surface area contributed by atoms with Crippen LogP contribution in [-0.2, 0) is 0 Å². The van der Waals surface area contributed by atoms with Crippen molar-refractivity contribution in [3.8, 4) is 28.3 Å². The molecule has 7 heteroatoms. The molecule has 0 fully saturated rings. The molecule has 146 valence electrons. The lowest BCUT2D eigenvalue weighted by Crippen LogP contribution is -1.80. The molecule has 0 bridgehead atoms. The van der Waals surface area contributed by atoms with E-state index in [0.717, 1.165) is 32.2 Å². The normalized spacial score (nSPS) is 11.5. The van der Waals surface area contributed by atoms with E-state index in [2.05, 4.69) is 72.5 Å². The summed E-state index contributed by atoms with van der Waals surface area (Å²) in [6, 6.07) is 24.2. The van der Waals surface area contributed by atoms with Gasteiger partial charge >= 0.3 is 0 Å². The van der Waals surface area contributed by atoms with Gasteiger partial charge in [0.25, 0.3) is 0 Å². The first-order valence-electron chi connectivity index (χ1n) is 9.21. The molecule has 0 aliphatic rings. The number of aromatic hydroxyl groups is 1. The van der Waals surface area contributed by atoms with Gasteiger partial charge in [-0.15, -0.1) is 21.6 Å². The van der Waals surface area contributed by atoms with Gasteiger partial charge in [0.05, 0.1) is 11.2 Å². The standard InChI is InChI=1S/C23H15BrN4OS/c24-17-10-11-19-18(12-17)21(22(29)25-19)27-28-23-26-20(13-30-23)16-8-6-15(7-9-16)14-4-2-1-3-5-14/h1-13,25,29H. The third-order valence-electron chi connectivity index (χ3n) is 4.73. The van der Waals surface area contributed by atoms with Crippen LogP contribution in [0.4, 0.5) is 10.8 Å². The van der Waals surface area contributed by atoms with Gasteiger partial charge in [0, 0.05) is 20.8 Å². The maximum absolute atomic E-state index is 10.2.